The van der Waals surface area contributed by atoms with Gasteiger partial charge < -0.3 is 9.84 Å². The van der Waals surface area contributed by atoms with Crippen molar-refractivity contribution in [3.05, 3.63) is 0 Å². The van der Waals surface area contributed by atoms with Crippen LogP contribution < -0.4 is 0 Å². The van der Waals surface area contributed by atoms with Crippen LogP contribution in [0.4, 0.5) is 0 Å². The summed E-state index contributed by atoms with van der Waals surface area (Å²) in [7, 11) is 0. The minimum absolute atomic E-state index is 0.258. The Kier molecular flexibility index (Phi) is 2.86. The molecule has 13 heavy (non-hydrogen) atoms. The molecule has 76 valence electrons. The first kappa shape index (κ1) is 9.44. The molecule has 0 radical (unpaired) electrons. The van der Waals surface area contributed by atoms with Gasteiger partial charge in [0.2, 0.25) is 0 Å². The number of nitrogens with zero attached hydrogens (tertiary/aromatic N) is 1. The summed E-state index contributed by atoms with van der Waals surface area (Å²) in [4.78, 5) is 2.43. The average molecular weight is 185 g/mol. The molecule has 3 heteroatoms. The highest BCUT2D eigenvalue weighted by Gasteiger charge is 2.39. The first-order chi connectivity index (χ1) is 6.29. The number of ether oxygens (including phenoxy) is 1. The second-order valence-electron chi connectivity index (χ2n) is 4.28. The minimum Gasteiger partial charge on any atom is -0.390 e. The standard InChI is InChI=1S/C10H19NO2/c12-10(3-4-10)2-1-5-11-6-8-13-9-7-11/h12H,1-9H2. The zero-order valence-corrected chi connectivity index (χ0v) is 8.17. The Morgan fingerprint density at radius 2 is 1.92 bits per heavy atom. The summed E-state index contributed by atoms with van der Waals surface area (Å²) >= 11 is 0. The van der Waals surface area contributed by atoms with Crippen LogP contribution in [0, 0.1) is 0 Å². The Bertz CT molecular complexity index is 162. The van der Waals surface area contributed by atoms with Crippen molar-refractivity contribution in [2.75, 3.05) is 32.8 Å². The molecule has 0 unspecified atom stereocenters. The van der Waals surface area contributed by atoms with Crippen LogP contribution in [-0.2, 0) is 4.74 Å². The van der Waals surface area contributed by atoms with Gasteiger partial charge in [-0.25, -0.2) is 0 Å². The quantitative estimate of drug-likeness (QED) is 0.697. The fraction of sp³-hybridized carbons (Fsp3) is 1.00. The normalized spacial score (nSPS) is 27.5. The highest BCUT2D eigenvalue weighted by Crippen LogP contribution is 2.39. The van der Waals surface area contributed by atoms with Crippen LogP contribution in [-0.4, -0.2) is 48.5 Å². The maximum atomic E-state index is 9.62. The van der Waals surface area contributed by atoms with E-state index >= 15 is 0 Å². The van der Waals surface area contributed by atoms with Gasteiger partial charge in [-0.15, -0.1) is 0 Å². The van der Waals surface area contributed by atoms with Gasteiger partial charge in [-0.2, -0.15) is 0 Å². The summed E-state index contributed by atoms with van der Waals surface area (Å²) in [6.45, 7) is 5.02. The third-order valence-corrected chi connectivity index (χ3v) is 3.05. The zero-order chi connectivity index (χ0) is 9.15. The van der Waals surface area contributed by atoms with Crippen LogP contribution in [0.15, 0.2) is 0 Å². The largest absolute Gasteiger partial charge is 0.390 e. The highest BCUT2D eigenvalue weighted by atomic mass is 16.5. The van der Waals surface area contributed by atoms with Crippen LogP contribution in [0.25, 0.3) is 0 Å². The van der Waals surface area contributed by atoms with Crippen molar-refractivity contribution in [2.45, 2.75) is 31.3 Å². The molecule has 1 N–H and O–H groups in total. The molecule has 1 aliphatic heterocycles. The predicted molar refractivity (Wildman–Crippen MR) is 50.7 cm³/mol. The van der Waals surface area contributed by atoms with Gasteiger partial charge in [0, 0.05) is 13.1 Å². The van der Waals surface area contributed by atoms with Gasteiger partial charge in [0.1, 0.15) is 0 Å². The molecule has 0 amide bonds. The number of morpholine rings is 1. The van der Waals surface area contributed by atoms with Gasteiger partial charge in [0.25, 0.3) is 0 Å². The van der Waals surface area contributed by atoms with Gasteiger partial charge in [0.05, 0.1) is 18.8 Å². The summed E-state index contributed by atoms with van der Waals surface area (Å²) in [5.74, 6) is 0. The van der Waals surface area contributed by atoms with E-state index in [-0.39, 0.29) is 5.60 Å². The van der Waals surface area contributed by atoms with Gasteiger partial charge in [0.15, 0.2) is 0 Å². The SMILES string of the molecule is OC1(CCCN2CCOCC2)CC1. The molecule has 0 spiro atoms. The molecule has 0 atom stereocenters. The molecule has 2 aliphatic rings. The maximum Gasteiger partial charge on any atom is 0.0650 e. The predicted octanol–water partition coefficient (Wildman–Crippen LogP) is 0.624. The van der Waals surface area contributed by atoms with Crippen molar-refractivity contribution in [3.8, 4) is 0 Å². The molecule has 0 aromatic heterocycles. The molecule has 0 bridgehead atoms. The number of aliphatic hydroxyl groups is 1. The third-order valence-electron chi connectivity index (χ3n) is 3.05. The van der Waals surface area contributed by atoms with E-state index in [0.717, 1.165) is 58.5 Å². The second-order valence-corrected chi connectivity index (χ2v) is 4.28. The Hall–Kier alpha value is -0.120. The zero-order valence-electron chi connectivity index (χ0n) is 8.17. The van der Waals surface area contributed by atoms with E-state index in [2.05, 4.69) is 4.90 Å². The number of hydrogen-bond donors (Lipinski definition) is 1. The van der Waals surface area contributed by atoms with E-state index in [0.29, 0.717) is 0 Å². The smallest absolute Gasteiger partial charge is 0.0650 e. The van der Waals surface area contributed by atoms with Gasteiger partial charge in [-0.1, -0.05) is 0 Å². The molecule has 1 aliphatic carbocycles. The Labute approximate surface area is 79.7 Å². The van der Waals surface area contributed by atoms with Crippen LogP contribution in [0.1, 0.15) is 25.7 Å². The van der Waals surface area contributed by atoms with Crippen LogP contribution >= 0.6 is 0 Å². The second kappa shape index (κ2) is 3.95. The summed E-state index contributed by atoms with van der Waals surface area (Å²) in [5, 5.41) is 9.62. The van der Waals surface area contributed by atoms with Crippen LogP contribution in [0.3, 0.4) is 0 Å². The van der Waals surface area contributed by atoms with Crippen LogP contribution in [0.5, 0.6) is 0 Å². The van der Waals surface area contributed by atoms with E-state index in [4.69, 9.17) is 4.74 Å². The number of rotatable bonds is 4. The third kappa shape index (κ3) is 2.93. The number of hydrogen-bond acceptors (Lipinski definition) is 3. The Morgan fingerprint density at radius 3 is 2.54 bits per heavy atom. The van der Waals surface area contributed by atoms with Crippen molar-refractivity contribution >= 4 is 0 Å². The monoisotopic (exact) mass is 185 g/mol. The van der Waals surface area contributed by atoms with Crippen molar-refractivity contribution < 1.29 is 9.84 Å². The lowest BCUT2D eigenvalue weighted by Crippen LogP contribution is -2.37. The summed E-state index contributed by atoms with van der Waals surface area (Å²) in [6, 6.07) is 0. The molecular formula is C10H19NO2. The molecule has 2 fully saturated rings. The highest BCUT2D eigenvalue weighted by molar-refractivity contribution is 4.92. The molecule has 1 heterocycles. The van der Waals surface area contributed by atoms with Crippen molar-refractivity contribution in [1.29, 1.82) is 0 Å². The first-order valence-electron chi connectivity index (χ1n) is 5.31. The average Bonchev–Trinajstić information content (AvgIpc) is 2.86. The van der Waals surface area contributed by atoms with E-state index in [1.54, 1.807) is 0 Å². The lowest BCUT2D eigenvalue weighted by atomic mass is 10.1. The van der Waals surface area contributed by atoms with Crippen molar-refractivity contribution in [2.24, 2.45) is 0 Å². The summed E-state index contributed by atoms with van der Waals surface area (Å²) in [6.07, 6.45) is 4.17. The molecule has 3 nitrogen and oxygen atoms in total. The molecule has 0 aromatic carbocycles. The van der Waals surface area contributed by atoms with Crippen molar-refractivity contribution in [3.63, 3.8) is 0 Å². The first-order valence-corrected chi connectivity index (χ1v) is 5.31. The van der Waals surface area contributed by atoms with E-state index in [1.165, 1.54) is 0 Å². The topological polar surface area (TPSA) is 32.7 Å². The van der Waals surface area contributed by atoms with E-state index in [1.807, 2.05) is 0 Å². The molecule has 2 rings (SSSR count). The summed E-state index contributed by atoms with van der Waals surface area (Å²) in [5.41, 5.74) is -0.258. The molecule has 1 saturated carbocycles. The molecule has 1 saturated heterocycles. The molecular weight excluding hydrogens is 166 g/mol. The fourth-order valence-corrected chi connectivity index (χ4v) is 1.85. The van der Waals surface area contributed by atoms with Gasteiger partial charge >= 0.3 is 0 Å². The minimum atomic E-state index is -0.258. The van der Waals surface area contributed by atoms with Crippen LogP contribution in [0.2, 0.25) is 0 Å². The Balaban J connectivity index is 1.56. The Morgan fingerprint density at radius 1 is 1.23 bits per heavy atom. The fourth-order valence-electron chi connectivity index (χ4n) is 1.85. The summed E-state index contributed by atoms with van der Waals surface area (Å²) < 4.78 is 5.27. The van der Waals surface area contributed by atoms with E-state index in [9.17, 15) is 5.11 Å². The maximum absolute atomic E-state index is 9.62. The van der Waals surface area contributed by atoms with E-state index < -0.39 is 0 Å². The van der Waals surface area contributed by atoms with Crippen molar-refractivity contribution in [1.82, 2.24) is 4.90 Å². The van der Waals surface area contributed by atoms with Gasteiger partial charge in [-0.3, -0.25) is 4.90 Å². The van der Waals surface area contributed by atoms with Gasteiger partial charge in [-0.05, 0) is 32.2 Å². The lowest BCUT2D eigenvalue weighted by Gasteiger charge is -2.26. The molecule has 0 aromatic rings. The lowest BCUT2D eigenvalue weighted by molar-refractivity contribution is 0.0344.